The smallest absolute Gasteiger partial charge is 0.380 e. The Morgan fingerprint density at radius 3 is 2.21 bits per heavy atom. The molecule has 4 aliphatic rings. The number of sulfone groups is 1. The van der Waals surface area contributed by atoms with Crippen LogP contribution in [0.3, 0.4) is 0 Å². The van der Waals surface area contributed by atoms with Crippen molar-refractivity contribution in [3.63, 3.8) is 0 Å². The van der Waals surface area contributed by atoms with Gasteiger partial charge in [0, 0.05) is 84.8 Å². The topological polar surface area (TPSA) is 128 Å². The number of sulfonamides is 1. The molecule has 0 radical (unpaired) electrons. The van der Waals surface area contributed by atoms with Gasteiger partial charge in [-0.2, -0.15) is 13.2 Å². The lowest BCUT2D eigenvalue weighted by Crippen LogP contribution is -2.63. The van der Waals surface area contributed by atoms with E-state index in [0.29, 0.717) is 57.1 Å². The highest BCUT2D eigenvalue weighted by molar-refractivity contribution is 7.99. The van der Waals surface area contributed by atoms with Crippen molar-refractivity contribution in [1.29, 1.82) is 0 Å². The molecule has 3 heterocycles. The molecule has 8 rings (SSSR count). The monoisotopic (exact) mass is 1020 g/mol. The zero-order valence-corrected chi connectivity index (χ0v) is 41.0. The maximum Gasteiger partial charge on any atom is 0.501 e. The predicted molar refractivity (Wildman–Crippen MR) is 268 cm³/mol. The Morgan fingerprint density at radius 2 is 1.56 bits per heavy atom. The number of alkyl halides is 3. The Hall–Kier alpha value is -4.10. The van der Waals surface area contributed by atoms with Crippen LogP contribution in [-0.2, 0) is 24.6 Å². The molecule has 1 spiro atoms. The second-order valence-corrected chi connectivity index (χ2v) is 22.4. The van der Waals surface area contributed by atoms with Gasteiger partial charge in [-0.25, -0.2) is 21.6 Å². The number of benzene rings is 4. The molecule has 1 unspecified atom stereocenters. The first-order valence-corrected chi connectivity index (χ1v) is 27.2. The van der Waals surface area contributed by atoms with Crippen LogP contribution in [0.1, 0.15) is 75.7 Å². The van der Waals surface area contributed by atoms with Gasteiger partial charge in [0.2, 0.25) is 0 Å². The third-order valence-electron chi connectivity index (χ3n) is 13.0. The highest BCUT2D eigenvalue weighted by Crippen LogP contribution is 2.46. The van der Waals surface area contributed by atoms with Crippen LogP contribution in [0.2, 0.25) is 5.02 Å². The number of anilines is 2. The Labute approximate surface area is 409 Å². The quantitative estimate of drug-likeness (QED) is 0.111. The summed E-state index contributed by atoms with van der Waals surface area (Å²) in [6, 6.07) is 26.3. The van der Waals surface area contributed by atoms with Gasteiger partial charge >= 0.3 is 5.51 Å². The first-order valence-electron chi connectivity index (χ1n) is 22.9. The van der Waals surface area contributed by atoms with Gasteiger partial charge in [0.25, 0.3) is 25.8 Å². The van der Waals surface area contributed by atoms with E-state index < -0.39 is 52.8 Å². The number of nitrogens with zero attached hydrogens (tertiary/aromatic N) is 3. The SMILES string of the molecule is C.CC.O=C(NS(=O)(=O)c1ccc(N[C@H](CCN2CCOCC2)CSc2ccccc2)c(S(=O)(=O)C(F)(F)F)c1)c1ccc(N2CCC3(CC2)CN(C2CCCC=C2c2ccc(Cl)cc2)C3)cc1. The largest absolute Gasteiger partial charge is 0.501 e. The summed E-state index contributed by atoms with van der Waals surface area (Å²) >= 11 is 7.62. The van der Waals surface area contributed by atoms with Crippen LogP contribution < -0.4 is 14.9 Å². The van der Waals surface area contributed by atoms with Crippen molar-refractivity contribution in [2.45, 2.75) is 92.1 Å². The van der Waals surface area contributed by atoms with E-state index in [9.17, 15) is 34.8 Å². The number of morpholine rings is 1. The van der Waals surface area contributed by atoms with E-state index in [4.69, 9.17) is 16.3 Å². The zero-order chi connectivity index (χ0) is 47.8. The van der Waals surface area contributed by atoms with Gasteiger partial charge in [0.15, 0.2) is 0 Å². The Morgan fingerprint density at radius 1 is 0.897 bits per heavy atom. The number of thioether (sulfide) groups is 1. The number of rotatable bonds is 15. The number of likely N-dealkylation sites (tertiary alicyclic amines) is 1. The molecule has 2 N–H and O–H groups in total. The van der Waals surface area contributed by atoms with Crippen molar-refractivity contribution in [2.24, 2.45) is 5.41 Å². The van der Waals surface area contributed by atoms with Crippen molar-refractivity contribution in [3.8, 4) is 0 Å². The lowest BCUT2D eigenvalue weighted by atomic mass is 9.70. The minimum atomic E-state index is -6.05. The molecular formula is C50H63ClF3N5O6S3. The van der Waals surface area contributed by atoms with Gasteiger partial charge in [0.1, 0.15) is 4.90 Å². The second kappa shape index (κ2) is 23.2. The molecule has 1 amide bonds. The van der Waals surface area contributed by atoms with Crippen LogP contribution >= 0.6 is 23.4 Å². The number of hydrogen-bond donors (Lipinski definition) is 2. The number of carbonyl (C=O) groups excluding carboxylic acids is 1. The highest BCUT2D eigenvalue weighted by atomic mass is 35.5. The lowest BCUT2D eigenvalue weighted by Gasteiger charge is -2.57. The third kappa shape index (κ3) is 12.8. The van der Waals surface area contributed by atoms with E-state index in [1.807, 2.05) is 61.0 Å². The van der Waals surface area contributed by atoms with Crippen molar-refractivity contribution < 1.29 is 39.5 Å². The Balaban J connectivity index is 0.00000250. The van der Waals surface area contributed by atoms with Crippen LogP contribution in [0.15, 0.2) is 118 Å². The van der Waals surface area contributed by atoms with Crippen LogP contribution in [0.5, 0.6) is 0 Å². The standard InChI is InChI=1S/C47H53ClF3N5O6S3.C2H6.CH4/c48-36-14-10-34(11-15-36)41-8-4-5-9-43(41)56-32-46(33-56)21-24-55(25-22-46)38-16-12-35(13-17-38)45(57)53-65(60,61)40-18-19-42(44(30-40)64(58,59)47(49,50)51)52-37(20-23-54-26-28-62-29-27-54)31-63-39-6-2-1-3-7-39;1-2;/h1-3,6-8,10-19,30,37,43,52H,4-5,9,20-29,31-33H2,(H,53,57);1-2H3;1H4/t37-,43?;;/m1../s1. The second-order valence-electron chi connectivity index (χ2n) is 17.3. The van der Waals surface area contributed by atoms with Gasteiger partial charge in [-0.05, 0) is 122 Å². The van der Waals surface area contributed by atoms with Crippen LogP contribution in [-0.4, -0.2) is 115 Å². The molecule has 4 aromatic rings. The first-order chi connectivity index (χ1) is 32.1. The average Bonchev–Trinajstić information content (AvgIpc) is 3.33. The van der Waals surface area contributed by atoms with Crippen molar-refractivity contribution in [1.82, 2.24) is 14.5 Å². The highest BCUT2D eigenvalue weighted by Gasteiger charge is 2.49. The molecule has 0 aromatic heterocycles. The van der Waals surface area contributed by atoms with Crippen molar-refractivity contribution >= 4 is 66.1 Å². The fourth-order valence-corrected chi connectivity index (χ4v) is 12.4. The normalized spacial score (nSPS) is 19.4. The third-order valence-corrected chi connectivity index (χ3v) is 17.2. The molecule has 2 atom stereocenters. The lowest BCUT2D eigenvalue weighted by molar-refractivity contribution is -0.0435. The number of hydrogen-bond acceptors (Lipinski definition) is 11. The van der Waals surface area contributed by atoms with Crippen LogP contribution in [0, 0.1) is 5.41 Å². The van der Waals surface area contributed by atoms with E-state index in [0.717, 1.165) is 79.6 Å². The number of halogens is 4. The summed E-state index contributed by atoms with van der Waals surface area (Å²) < 4.78 is 103. The van der Waals surface area contributed by atoms with E-state index in [1.165, 1.54) is 41.5 Å². The Kier molecular flexibility index (Phi) is 18.2. The van der Waals surface area contributed by atoms with Gasteiger partial charge < -0.3 is 15.0 Å². The Bertz CT molecular complexity index is 2550. The molecule has 18 heteroatoms. The molecule has 0 bridgehead atoms. The van der Waals surface area contributed by atoms with E-state index in [2.05, 4.69) is 38.2 Å². The number of allylic oxidation sites excluding steroid dienone is 1. The summed E-state index contributed by atoms with van der Waals surface area (Å²) in [6.07, 6.45) is 8.23. The van der Waals surface area contributed by atoms with Crippen LogP contribution in [0.25, 0.3) is 5.57 Å². The maximum absolute atomic E-state index is 14.2. The minimum Gasteiger partial charge on any atom is -0.380 e. The van der Waals surface area contributed by atoms with Crippen molar-refractivity contribution in [2.75, 3.05) is 75.0 Å². The summed E-state index contributed by atoms with van der Waals surface area (Å²) in [6.45, 7) is 10.8. The summed E-state index contributed by atoms with van der Waals surface area (Å²) in [4.78, 5) is 19.2. The molecule has 4 aromatic carbocycles. The predicted octanol–water partition coefficient (Wildman–Crippen LogP) is 10.2. The number of ether oxygens (including phenoxy) is 1. The fourth-order valence-electron chi connectivity index (χ4n) is 9.28. The molecule has 68 heavy (non-hydrogen) atoms. The first kappa shape index (κ1) is 53.3. The summed E-state index contributed by atoms with van der Waals surface area (Å²) in [5, 5.41) is 3.73. The average molecular weight is 1020 g/mol. The number of amides is 1. The summed E-state index contributed by atoms with van der Waals surface area (Å²) in [7, 11) is -10.9. The molecule has 1 aliphatic carbocycles. The fraction of sp³-hybridized carbons (Fsp3) is 0.460. The molecular weight excluding hydrogens is 955 g/mol. The number of nitrogens with one attached hydrogen (secondary N) is 2. The van der Waals surface area contributed by atoms with Crippen LogP contribution in [0.4, 0.5) is 24.5 Å². The summed E-state index contributed by atoms with van der Waals surface area (Å²) in [5.74, 6) is -0.639. The number of carbonyl (C=O) groups is 1. The van der Waals surface area contributed by atoms with Gasteiger partial charge in [-0.15, -0.1) is 11.8 Å². The minimum absolute atomic E-state index is 0. The van der Waals surface area contributed by atoms with E-state index >= 15 is 0 Å². The molecule has 3 saturated heterocycles. The maximum atomic E-state index is 14.2. The number of piperidine rings is 1. The van der Waals surface area contributed by atoms with E-state index in [-0.39, 0.29) is 18.4 Å². The van der Waals surface area contributed by atoms with Gasteiger partial charge in [0.05, 0.1) is 23.8 Å². The molecule has 3 aliphatic heterocycles. The molecule has 11 nitrogen and oxygen atoms in total. The van der Waals surface area contributed by atoms with E-state index in [1.54, 1.807) is 12.1 Å². The van der Waals surface area contributed by atoms with Gasteiger partial charge in [-0.3, -0.25) is 14.6 Å². The molecule has 3 fully saturated rings. The van der Waals surface area contributed by atoms with Gasteiger partial charge in [-0.1, -0.05) is 69.3 Å². The molecule has 370 valence electrons. The summed E-state index contributed by atoms with van der Waals surface area (Å²) in [5.41, 5.74) is -2.38. The van der Waals surface area contributed by atoms with Crippen molar-refractivity contribution in [3.05, 3.63) is 119 Å². The zero-order valence-electron chi connectivity index (χ0n) is 37.8. The molecule has 0 saturated carbocycles.